The van der Waals surface area contributed by atoms with Crippen molar-refractivity contribution in [1.82, 2.24) is 4.90 Å². The molecule has 2 rings (SSSR count). The van der Waals surface area contributed by atoms with Gasteiger partial charge in [0.25, 0.3) is 5.91 Å². The third kappa shape index (κ3) is 3.42. The van der Waals surface area contributed by atoms with E-state index in [1.807, 2.05) is 31.2 Å². The maximum Gasteiger partial charge on any atom is 0.258 e. The van der Waals surface area contributed by atoms with Crippen molar-refractivity contribution < 1.29 is 13.9 Å². The van der Waals surface area contributed by atoms with Crippen LogP contribution in [0, 0.1) is 0 Å². The van der Waals surface area contributed by atoms with Gasteiger partial charge in [0.2, 0.25) is 0 Å². The largest absolute Gasteiger partial charge is 0.494 e. The fraction of sp³-hybridized carbons (Fsp3) is 0.267. The molecule has 1 heterocycles. The Morgan fingerprint density at radius 3 is 2.55 bits per heavy atom. The molecular formula is C15H16BrNO3. The van der Waals surface area contributed by atoms with Crippen LogP contribution in [0.25, 0.3) is 0 Å². The van der Waals surface area contributed by atoms with Crippen LogP contribution in [0.15, 0.2) is 45.7 Å². The summed E-state index contributed by atoms with van der Waals surface area (Å²) in [6.45, 7) is 3.12. The number of nitrogens with zero attached hydrogens (tertiary/aromatic N) is 1. The van der Waals surface area contributed by atoms with E-state index in [0.717, 1.165) is 11.3 Å². The van der Waals surface area contributed by atoms with Crippen LogP contribution in [0.1, 0.15) is 22.8 Å². The van der Waals surface area contributed by atoms with Gasteiger partial charge in [-0.2, -0.15) is 0 Å². The first-order chi connectivity index (χ1) is 9.61. The Morgan fingerprint density at radius 1 is 1.30 bits per heavy atom. The van der Waals surface area contributed by atoms with Crippen molar-refractivity contribution in [3.8, 4) is 5.75 Å². The maximum absolute atomic E-state index is 12.2. The van der Waals surface area contributed by atoms with Gasteiger partial charge in [0.15, 0.2) is 4.67 Å². The third-order valence-electron chi connectivity index (χ3n) is 2.85. The summed E-state index contributed by atoms with van der Waals surface area (Å²) in [5.74, 6) is 0.752. The number of carbonyl (C=O) groups is 1. The Balaban J connectivity index is 2.02. The van der Waals surface area contributed by atoms with Crippen LogP contribution < -0.4 is 4.74 Å². The molecule has 0 unspecified atom stereocenters. The van der Waals surface area contributed by atoms with Crippen molar-refractivity contribution >= 4 is 21.8 Å². The van der Waals surface area contributed by atoms with Crippen LogP contribution in [0.3, 0.4) is 0 Å². The normalized spacial score (nSPS) is 10.3. The highest BCUT2D eigenvalue weighted by atomic mass is 79.9. The number of amides is 1. The molecule has 20 heavy (non-hydrogen) atoms. The van der Waals surface area contributed by atoms with Crippen molar-refractivity contribution in [3.63, 3.8) is 0 Å². The molecule has 0 aliphatic rings. The zero-order valence-corrected chi connectivity index (χ0v) is 13.0. The van der Waals surface area contributed by atoms with E-state index in [0.29, 0.717) is 23.4 Å². The first-order valence-electron chi connectivity index (χ1n) is 6.32. The lowest BCUT2D eigenvalue weighted by atomic mass is 10.2. The van der Waals surface area contributed by atoms with E-state index in [1.54, 1.807) is 18.0 Å². The molecule has 0 saturated heterocycles. The molecule has 0 bridgehead atoms. The molecule has 2 aromatic rings. The Hall–Kier alpha value is -1.75. The molecule has 1 amide bonds. The quantitative estimate of drug-likeness (QED) is 0.835. The van der Waals surface area contributed by atoms with Gasteiger partial charge in [-0.05, 0) is 46.6 Å². The molecule has 1 aromatic heterocycles. The molecule has 0 aliphatic heterocycles. The number of benzene rings is 1. The van der Waals surface area contributed by atoms with Crippen molar-refractivity contribution in [2.75, 3.05) is 13.7 Å². The highest BCUT2D eigenvalue weighted by molar-refractivity contribution is 9.10. The van der Waals surface area contributed by atoms with Crippen LogP contribution in [0.2, 0.25) is 0 Å². The molecule has 1 aromatic carbocycles. The van der Waals surface area contributed by atoms with Crippen LogP contribution in [0.4, 0.5) is 0 Å². The first kappa shape index (κ1) is 14.7. The van der Waals surface area contributed by atoms with Crippen LogP contribution >= 0.6 is 15.9 Å². The third-order valence-corrected chi connectivity index (χ3v) is 3.46. The average Bonchev–Trinajstić information content (AvgIpc) is 2.86. The topological polar surface area (TPSA) is 42.7 Å². The van der Waals surface area contributed by atoms with Crippen LogP contribution in [0.5, 0.6) is 5.75 Å². The van der Waals surface area contributed by atoms with Crippen molar-refractivity contribution in [1.29, 1.82) is 0 Å². The minimum Gasteiger partial charge on any atom is -0.494 e. The summed E-state index contributed by atoms with van der Waals surface area (Å²) in [4.78, 5) is 13.9. The molecule has 0 atom stereocenters. The highest BCUT2D eigenvalue weighted by Gasteiger charge is 2.17. The van der Waals surface area contributed by atoms with Crippen molar-refractivity contribution in [2.24, 2.45) is 0 Å². The summed E-state index contributed by atoms with van der Waals surface area (Å²) in [7, 11) is 1.76. The minimum absolute atomic E-state index is 0.0838. The second-order valence-electron chi connectivity index (χ2n) is 4.35. The molecular weight excluding hydrogens is 322 g/mol. The first-order valence-corrected chi connectivity index (χ1v) is 7.11. The van der Waals surface area contributed by atoms with Gasteiger partial charge in [-0.25, -0.2) is 0 Å². The van der Waals surface area contributed by atoms with E-state index in [-0.39, 0.29) is 5.91 Å². The number of furan rings is 1. The molecule has 5 heteroatoms. The summed E-state index contributed by atoms with van der Waals surface area (Å²) in [5, 5.41) is 0. The molecule has 0 N–H and O–H groups in total. The monoisotopic (exact) mass is 337 g/mol. The SMILES string of the molecule is CCOc1ccc(CN(C)C(=O)c2ccoc2Br)cc1. The number of hydrogen-bond donors (Lipinski definition) is 0. The zero-order valence-electron chi connectivity index (χ0n) is 11.4. The van der Waals surface area contributed by atoms with E-state index < -0.39 is 0 Å². The maximum atomic E-state index is 12.2. The van der Waals surface area contributed by atoms with Crippen molar-refractivity contribution in [2.45, 2.75) is 13.5 Å². The summed E-state index contributed by atoms with van der Waals surface area (Å²) >= 11 is 3.22. The number of carbonyl (C=O) groups excluding carboxylic acids is 1. The predicted octanol–water partition coefficient (Wildman–Crippen LogP) is 3.71. The van der Waals surface area contributed by atoms with E-state index in [2.05, 4.69) is 15.9 Å². The van der Waals surface area contributed by atoms with Gasteiger partial charge in [-0.3, -0.25) is 4.79 Å². The summed E-state index contributed by atoms with van der Waals surface area (Å²) in [6.07, 6.45) is 1.49. The Kier molecular flexibility index (Phi) is 4.84. The lowest BCUT2D eigenvalue weighted by Gasteiger charge is -2.17. The summed E-state index contributed by atoms with van der Waals surface area (Å²) in [6, 6.07) is 9.38. The second kappa shape index (κ2) is 6.61. The predicted molar refractivity (Wildman–Crippen MR) is 79.8 cm³/mol. The van der Waals surface area contributed by atoms with Crippen LogP contribution in [-0.2, 0) is 6.54 Å². The van der Waals surface area contributed by atoms with Gasteiger partial charge in [0, 0.05) is 13.6 Å². The molecule has 106 valence electrons. The lowest BCUT2D eigenvalue weighted by molar-refractivity contribution is 0.0783. The van der Waals surface area contributed by atoms with Crippen molar-refractivity contribution in [3.05, 3.63) is 52.4 Å². The lowest BCUT2D eigenvalue weighted by Crippen LogP contribution is -2.26. The zero-order chi connectivity index (χ0) is 14.5. The van der Waals surface area contributed by atoms with Crippen LogP contribution in [-0.4, -0.2) is 24.5 Å². The Labute approximate surface area is 126 Å². The Bertz CT molecular complexity index is 577. The van der Waals surface area contributed by atoms with Gasteiger partial charge < -0.3 is 14.1 Å². The van der Waals surface area contributed by atoms with E-state index >= 15 is 0 Å². The Morgan fingerprint density at radius 2 is 2.00 bits per heavy atom. The minimum atomic E-state index is -0.0838. The van der Waals surface area contributed by atoms with Gasteiger partial charge in [0.1, 0.15) is 5.75 Å². The standard InChI is InChI=1S/C15H16BrNO3/c1-3-19-12-6-4-11(5-7-12)10-17(2)15(18)13-8-9-20-14(13)16/h4-9H,3,10H2,1-2H3. The second-order valence-corrected chi connectivity index (χ2v) is 5.07. The van der Waals surface area contributed by atoms with Gasteiger partial charge in [-0.1, -0.05) is 12.1 Å². The fourth-order valence-corrected chi connectivity index (χ4v) is 2.26. The number of ether oxygens (including phenoxy) is 1. The molecule has 0 fully saturated rings. The van der Waals surface area contributed by atoms with Gasteiger partial charge in [0.05, 0.1) is 18.4 Å². The number of rotatable bonds is 5. The van der Waals surface area contributed by atoms with E-state index in [9.17, 15) is 4.79 Å². The number of hydrogen-bond acceptors (Lipinski definition) is 3. The fourth-order valence-electron chi connectivity index (χ4n) is 1.86. The smallest absolute Gasteiger partial charge is 0.258 e. The summed E-state index contributed by atoms with van der Waals surface area (Å²) in [5.41, 5.74) is 1.57. The average molecular weight is 338 g/mol. The van der Waals surface area contributed by atoms with Gasteiger partial charge in [-0.15, -0.1) is 0 Å². The number of halogens is 1. The molecule has 0 radical (unpaired) electrons. The molecule has 0 spiro atoms. The highest BCUT2D eigenvalue weighted by Crippen LogP contribution is 2.20. The molecule has 0 saturated carbocycles. The molecule has 0 aliphatic carbocycles. The molecule has 4 nitrogen and oxygen atoms in total. The summed E-state index contributed by atoms with van der Waals surface area (Å²) < 4.78 is 10.9. The van der Waals surface area contributed by atoms with E-state index in [1.165, 1.54) is 6.26 Å². The van der Waals surface area contributed by atoms with Gasteiger partial charge >= 0.3 is 0 Å². The van der Waals surface area contributed by atoms with E-state index in [4.69, 9.17) is 9.15 Å².